The molecule has 1 aromatic rings. The number of hydrogen-bond donors (Lipinski definition) is 0. The van der Waals surface area contributed by atoms with E-state index < -0.39 is 6.17 Å². The van der Waals surface area contributed by atoms with E-state index in [-0.39, 0.29) is 0 Å². The Morgan fingerprint density at radius 3 is 2.40 bits per heavy atom. The SMILES string of the molecule is COc1cc(C=O)cc(C(C)F)c1OC. The highest BCUT2D eigenvalue weighted by atomic mass is 19.1. The predicted octanol–water partition coefficient (Wildman–Crippen LogP) is 2.55. The second-order valence-corrected chi connectivity index (χ2v) is 3.08. The minimum Gasteiger partial charge on any atom is -0.493 e. The van der Waals surface area contributed by atoms with Gasteiger partial charge in [-0.25, -0.2) is 4.39 Å². The van der Waals surface area contributed by atoms with Gasteiger partial charge in [0.1, 0.15) is 12.5 Å². The summed E-state index contributed by atoms with van der Waals surface area (Å²) in [4.78, 5) is 10.6. The Morgan fingerprint density at radius 1 is 1.33 bits per heavy atom. The molecule has 82 valence electrons. The van der Waals surface area contributed by atoms with Gasteiger partial charge in [0.05, 0.1) is 14.2 Å². The molecule has 0 aliphatic heterocycles. The van der Waals surface area contributed by atoms with Gasteiger partial charge in [-0.05, 0) is 19.1 Å². The standard InChI is InChI=1S/C11H13FO3/c1-7(12)9-4-8(6-13)5-10(14-2)11(9)15-3/h4-7H,1-3H3. The molecular formula is C11H13FO3. The maximum absolute atomic E-state index is 13.3. The lowest BCUT2D eigenvalue weighted by molar-refractivity contribution is 0.112. The molecule has 4 heteroatoms. The molecule has 0 saturated heterocycles. The molecule has 0 saturated carbocycles. The van der Waals surface area contributed by atoms with E-state index in [0.29, 0.717) is 28.9 Å². The van der Waals surface area contributed by atoms with Crippen molar-refractivity contribution in [2.45, 2.75) is 13.1 Å². The van der Waals surface area contributed by atoms with Crippen molar-refractivity contribution in [2.24, 2.45) is 0 Å². The quantitative estimate of drug-likeness (QED) is 0.719. The summed E-state index contributed by atoms with van der Waals surface area (Å²) in [5, 5.41) is 0. The molecule has 0 aliphatic carbocycles. The molecule has 3 nitrogen and oxygen atoms in total. The molecule has 0 bridgehead atoms. The number of carbonyl (C=O) groups is 1. The molecule has 0 N–H and O–H groups in total. The lowest BCUT2D eigenvalue weighted by Crippen LogP contribution is -1.99. The molecule has 1 unspecified atom stereocenters. The van der Waals surface area contributed by atoms with Crippen LogP contribution in [0.25, 0.3) is 0 Å². The van der Waals surface area contributed by atoms with Crippen molar-refractivity contribution in [3.63, 3.8) is 0 Å². The highest BCUT2D eigenvalue weighted by Crippen LogP contribution is 2.36. The normalized spacial score (nSPS) is 12.0. The van der Waals surface area contributed by atoms with E-state index in [4.69, 9.17) is 9.47 Å². The number of ether oxygens (including phenoxy) is 2. The molecule has 0 aromatic heterocycles. The van der Waals surface area contributed by atoms with Gasteiger partial charge in [-0.15, -0.1) is 0 Å². The van der Waals surface area contributed by atoms with Crippen LogP contribution in [0.3, 0.4) is 0 Å². The number of benzene rings is 1. The first-order valence-electron chi connectivity index (χ1n) is 4.49. The topological polar surface area (TPSA) is 35.5 Å². The molecule has 15 heavy (non-hydrogen) atoms. The third-order valence-electron chi connectivity index (χ3n) is 2.09. The Balaban J connectivity index is 3.38. The summed E-state index contributed by atoms with van der Waals surface area (Å²) in [5.41, 5.74) is 0.686. The van der Waals surface area contributed by atoms with Crippen LogP contribution in [0.2, 0.25) is 0 Å². The first-order valence-corrected chi connectivity index (χ1v) is 4.49. The minimum atomic E-state index is -1.21. The van der Waals surface area contributed by atoms with Gasteiger partial charge in [0.2, 0.25) is 0 Å². The van der Waals surface area contributed by atoms with Crippen LogP contribution in [0, 0.1) is 0 Å². The third-order valence-corrected chi connectivity index (χ3v) is 2.09. The summed E-state index contributed by atoms with van der Waals surface area (Å²) in [6, 6.07) is 2.97. The van der Waals surface area contributed by atoms with Crippen LogP contribution in [0.15, 0.2) is 12.1 Å². The Bertz CT molecular complexity index is 361. The van der Waals surface area contributed by atoms with Crippen molar-refractivity contribution in [1.29, 1.82) is 0 Å². The fourth-order valence-electron chi connectivity index (χ4n) is 1.38. The second-order valence-electron chi connectivity index (χ2n) is 3.08. The van der Waals surface area contributed by atoms with Gasteiger partial charge >= 0.3 is 0 Å². The molecule has 0 amide bonds. The number of methoxy groups -OCH3 is 2. The zero-order valence-electron chi connectivity index (χ0n) is 8.91. The summed E-state index contributed by atoms with van der Waals surface area (Å²) in [6.07, 6.45) is -0.567. The average molecular weight is 212 g/mol. The summed E-state index contributed by atoms with van der Waals surface area (Å²) in [7, 11) is 2.88. The van der Waals surface area contributed by atoms with Crippen LogP contribution in [-0.2, 0) is 0 Å². The fraction of sp³-hybridized carbons (Fsp3) is 0.364. The summed E-state index contributed by atoms with van der Waals surface area (Å²) < 4.78 is 23.3. The third kappa shape index (κ3) is 2.26. The van der Waals surface area contributed by atoms with Gasteiger partial charge in [0.25, 0.3) is 0 Å². The van der Waals surface area contributed by atoms with Gasteiger partial charge in [-0.2, -0.15) is 0 Å². The average Bonchev–Trinajstić information content (AvgIpc) is 2.26. The van der Waals surface area contributed by atoms with Gasteiger partial charge < -0.3 is 9.47 Å². The molecule has 1 atom stereocenters. The molecular weight excluding hydrogens is 199 g/mol. The summed E-state index contributed by atoms with van der Waals surface area (Å²) in [6.45, 7) is 1.38. The summed E-state index contributed by atoms with van der Waals surface area (Å²) >= 11 is 0. The van der Waals surface area contributed by atoms with Crippen molar-refractivity contribution >= 4 is 6.29 Å². The van der Waals surface area contributed by atoms with E-state index in [1.54, 1.807) is 0 Å². The highest BCUT2D eigenvalue weighted by molar-refractivity contribution is 5.77. The zero-order chi connectivity index (χ0) is 11.4. The first kappa shape index (κ1) is 11.5. The van der Waals surface area contributed by atoms with Crippen molar-refractivity contribution in [3.8, 4) is 11.5 Å². The van der Waals surface area contributed by atoms with E-state index >= 15 is 0 Å². The van der Waals surface area contributed by atoms with E-state index in [0.717, 1.165) is 0 Å². The minimum absolute atomic E-state index is 0.318. The van der Waals surface area contributed by atoms with Crippen LogP contribution in [0.4, 0.5) is 4.39 Å². The van der Waals surface area contributed by atoms with Crippen LogP contribution in [0.1, 0.15) is 29.0 Å². The Kier molecular flexibility index (Phi) is 3.66. The number of rotatable bonds is 4. The van der Waals surface area contributed by atoms with Crippen LogP contribution in [0.5, 0.6) is 11.5 Å². The predicted molar refractivity (Wildman–Crippen MR) is 54.5 cm³/mol. The number of halogens is 1. The molecule has 0 spiro atoms. The Labute approximate surface area is 87.8 Å². The van der Waals surface area contributed by atoms with E-state index in [1.807, 2.05) is 0 Å². The van der Waals surface area contributed by atoms with Gasteiger partial charge in [-0.3, -0.25) is 4.79 Å². The van der Waals surface area contributed by atoms with Gasteiger partial charge in [0, 0.05) is 11.1 Å². The molecule has 1 rings (SSSR count). The van der Waals surface area contributed by atoms with Crippen molar-refractivity contribution < 1.29 is 18.7 Å². The molecule has 0 aliphatic rings. The number of hydrogen-bond acceptors (Lipinski definition) is 3. The Hall–Kier alpha value is -1.58. The van der Waals surface area contributed by atoms with E-state index in [9.17, 15) is 9.18 Å². The number of carbonyl (C=O) groups excluding carboxylic acids is 1. The van der Waals surface area contributed by atoms with Crippen molar-refractivity contribution in [3.05, 3.63) is 23.3 Å². The molecule has 0 heterocycles. The second kappa shape index (κ2) is 4.77. The maximum atomic E-state index is 13.3. The largest absolute Gasteiger partial charge is 0.493 e. The molecule has 0 fully saturated rings. The maximum Gasteiger partial charge on any atom is 0.166 e. The Morgan fingerprint density at radius 2 is 2.00 bits per heavy atom. The van der Waals surface area contributed by atoms with E-state index in [2.05, 4.69) is 0 Å². The summed E-state index contributed by atoms with van der Waals surface area (Å²) in [5.74, 6) is 0.694. The van der Waals surface area contributed by atoms with Gasteiger partial charge in [-0.1, -0.05) is 0 Å². The van der Waals surface area contributed by atoms with Crippen molar-refractivity contribution in [2.75, 3.05) is 14.2 Å². The number of aldehydes is 1. The van der Waals surface area contributed by atoms with Crippen LogP contribution >= 0.6 is 0 Å². The van der Waals surface area contributed by atoms with Gasteiger partial charge in [0.15, 0.2) is 11.5 Å². The smallest absolute Gasteiger partial charge is 0.166 e. The fourth-order valence-corrected chi connectivity index (χ4v) is 1.38. The lowest BCUT2D eigenvalue weighted by Gasteiger charge is -2.14. The van der Waals surface area contributed by atoms with Crippen LogP contribution in [-0.4, -0.2) is 20.5 Å². The monoisotopic (exact) mass is 212 g/mol. The lowest BCUT2D eigenvalue weighted by atomic mass is 10.1. The zero-order valence-corrected chi connectivity index (χ0v) is 8.91. The number of alkyl halides is 1. The molecule has 1 aromatic carbocycles. The van der Waals surface area contributed by atoms with E-state index in [1.165, 1.54) is 33.3 Å². The highest BCUT2D eigenvalue weighted by Gasteiger charge is 2.16. The van der Waals surface area contributed by atoms with Crippen LogP contribution < -0.4 is 9.47 Å². The van der Waals surface area contributed by atoms with Crippen molar-refractivity contribution in [1.82, 2.24) is 0 Å². The first-order chi connectivity index (χ1) is 7.13. The molecule has 0 radical (unpaired) electrons.